The van der Waals surface area contributed by atoms with E-state index in [1.54, 1.807) is 0 Å². The summed E-state index contributed by atoms with van der Waals surface area (Å²) in [4.78, 5) is 2.12. The summed E-state index contributed by atoms with van der Waals surface area (Å²) in [5.74, 6) is 1.92. The van der Waals surface area contributed by atoms with Crippen LogP contribution in [0.3, 0.4) is 0 Å². The van der Waals surface area contributed by atoms with E-state index < -0.39 is 0 Å². The van der Waals surface area contributed by atoms with Crippen molar-refractivity contribution >= 4 is 5.69 Å². The van der Waals surface area contributed by atoms with Gasteiger partial charge in [0.1, 0.15) is 12.4 Å². The van der Waals surface area contributed by atoms with Crippen molar-refractivity contribution in [2.75, 3.05) is 32.6 Å². The van der Waals surface area contributed by atoms with Gasteiger partial charge >= 0.3 is 0 Å². The van der Waals surface area contributed by atoms with Crippen molar-refractivity contribution < 1.29 is 4.74 Å². The second kappa shape index (κ2) is 6.80. The van der Waals surface area contributed by atoms with Gasteiger partial charge in [-0.3, -0.25) is 0 Å². The number of ether oxygens (including phenoxy) is 1. The molecule has 1 saturated carbocycles. The second-order valence-corrected chi connectivity index (χ2v) is 5.90. The average Bonchev–Trinajstić information content (AvgIpc) is 3.14. The highest BCUT2D eigenvalue weighted by atomic mass is 16.5. The zero-order valence-electron chi connectivity index (χ0n) is 12.4. The lowest BCUT2D eigenvalue weighted by molar-refractivity contribution is 0.261. The summed E-state index contributed by atoms with van der Waals surface area (Å²) in [6.45, 7) is 3.94. The van der Waals surface area contributed by atoms with Gasteiger partial charge in [0.2, 0.25) is 0 Å². The Bertz CT molecular complexity index is 371. The molecule has 0 saturated heterocycles. The number of hydrogen-bond donors (Lipinski definition) is 1. The Morgan fingerprint density at radius 3 is 2.53 bits per heavy atom. The Balaban J connectivity index is 1.73. The monoisotopic (exact) mass is 262 g/mol. The smallest absolute Gasteiger partial charge is 0.119 e. The molecule has 0 aliphatic heterocycles. The van der Waals surface area contributed by atoms with Crippen molar-refractivity contribution in [1.29, 1.82) is 0 Å². The predicted molar refractivity (Wildman–Crippen MR) is 80.9 cm³/mol. The molecule has 1 atom stereocenters. The molecule has 0 bridgehead atoms. The maximum Gasteiger partial charge on any atom is 0.119 e. The van der Waals surface area contributed by atoms with Crippen molar-refractivity contribution in [1.82, 2.24) is 4.90 Å². The summed E-state index contributed by atoms with van der Waals surface area (Å²) in [6, 6.07) is 8.86. The molecular weight excluding hydrogens is 236 g/mol. The Morgan fingerprint density at radius 1 is 1.26 bits per heavy atom. The van der Waals surface area contributed by atoms with Crippen LogP contribution in [0.5, 0.6) is 5.75 Å². The van der Waals surface area contributed by atoms with Crippen molar-refractivity contribution in [3.05, 3.63) is 24.3 Å². The zero-order chi connectivity index (χ0) is 13.7. The van der Waals surface area contributed by atoms with E-state index in [0.29, 0.717) is 6.04 Å². The third-order valence-corrected chi connectivity index (χ3v) is 3.46. The SMILES string of the molecule is CC(CC1CC1)Nc1ccc(OCCN(C)C)cc1. The number of likely N-dealkylation sites (N-methyl/N-ethyl adjacent to an activating group) is 1. The molecule has 0 radical (unpaired) electrons. The van der Waals surface area contributed by atoms with Crippen molar-refractivity contribution in [3.63, 3.8) is 0 Å². The molecule has 3 heteroatoms. The fraction of sp³-hybridized carbons (Fsp3) is 0.625. The fourth-order valence-corrected chi connectivity index (χ4v) is 2.19. The first-order valence-corrected chi connectivity index (χ1v) is 7.27. The summed E-state index contributed by atoms with van der Waals surface area (Å²) in [6.07, 6.45) is 4.14. The summed E-state index contributed by atoms with van der Waals surface area (Å²) >= 11 is 0. The van der Waals surface area contributed by atoms with Crippen LogP contribution in [0, 0.1) is 5.92 Å². The van der Waals surface area contributed by atoms with Crippen LogP contribution in [0.15, 0.2) is 24.3 Å². The second-order valence-electron chi connectivity index (χ2n) is 5.90. The topological polar surface area (TPSA) is 24.5 Å². The Labute approximate surface area is 116 Å². The molecule has 1 unspecified atom stereocenters. The third-order valence-electron chi connectivity index (χ3n) is 3.46. The lowest BCUT2D eigenvalue weighted by atomic mass is 10.1. The summed E-state index contributed by atoms with van der Waals surface area (Å²) < 4.78 is 5.68. The van der Waals surface area contributed by atoms with Crippen molar-refractivity contribution in [2.45, 2.75) is 32.2 Å². The molecule has 19 heavy (non-hydrogen) atoms. The number of anilines is 1. The minimum atomic E-state index is 0.563. The number of benzene rings is 1. The standard InChI is InChI=1S/C16H26N2O/c1-13(12-14-4-5-14)17-15-6-8-16(9-7-15)19-11-10-18(2)3/h6-9,13-14,17H,4-5,10-12H2,1-3H3. The molecule has 2 rings (SSSR count). The average molecular weight is 262 g/mol. The van der Waals surface area contributed by atoms with Gasteiger partial charge in [0, 0.05) is 18.3 Å². The van der Waals surface area contributed by atoms with E-state index in [1.807, 2.05) is 12.1 Å². The number of hydrogen-bond acceptors (Lipinski definition) is 3. The first kappa shape index (κ1) is 14.2. The molecule has 0 heterocycles. The van der Waals surface area contributed by atoms with Gasteiger partial charge in [-0.1, -0.05) is 12.8 Å². The number of nitrogens with one attached hydrogen (secondary N) is 1. The predicted octanol–water partition coefficient (Wildman–Crippen LogP) is 3.23. The largest absolute Gasteiger partial charge is 0.492 e. The lowest BCUT2D eigenvalue weighted by Gasteiger charge is -2.15. The van der Waals surface area contributed by atoms with E-state index in [-0.39, 0.29) is 0 Å². The molecule has 106 valence electrons. The van der Waals surface area contributed by atoms with Crippen LogP contribution in [0.4, 0.5) is 5.69 Å². The Hall–Kier alpha value is -1.22. The van der Waals surface area contributed by atoms with E-state index in [1.165, 1.54) is 24.9 Å². The molecule has 1 aromatic rings. The van der Waals surface area contributed by atoms with Gasteiger partial charge in [-0.2, -0.15) is 0 Å². The maximum atomic E-state index is 5.68. The number of rotatable bonds is 8. The van der Waals surface area contributed by atoms with Crippen LogP contribution in [0.2, 0.25) is 0 Å². The fourth-order valence-electron chi connectivity index (χ4n) is 2.19. The highest BCUT2D eigenvalue weighted by Gasteiger charge is 2.23. The molecule has 1 N–H and O–H groups in total. The molecule has 3 nitrogen and oxygen atoms in total. The van der Waals surface area contributed by atoms with Gasteiger partial charge in [0.25, 0.3) is 0 Å². The molecule has 1 fully saturated rings. The van der Waals surface area contributed by atoms with Gasteiger partial charge in [-0.15, -0.1) is 0 Å². The van der Waals surface area contributed by atoms with Gasteiger partial charge < -0.3 is 15.0 Å². The van der Waals surface area contributed by atoms with E-state index in [2.05, 4.69) is 43.4 Å². The summed E-state index contributed by atoms with van der Waals surface area (Å²) in [5.41, 5.74) is 1.19. The van der Waals surface area contributed by atoms with E-state index >= 15 is 0 Å². The van der Waals surface area contributed by atoms with Crippen LogP contribution in [0.1, 0.15) is 26.2 Å². The van der Waals surface area contributed by atoms with E-state index in [4.69, 9.17) is 4.74 Å². The van der Waals surface area contributed by atoms with Gasteiger partial charge in [-0.25, -0.2) is 0 Å². The maximum absolute atomic E-state index is 5.68. The summed E-state index contributed by atoms with van der Waals surface area (Å²) in [7, 11) is 4.11. The highest BCUT2D eigenvalue weighted by molar-refractivity contribution is 5.46. The molecule has 0 spiro atoms. The minimum absolute atomic E-state index is 0.563. The highest BCUT2D eigenvalue weighted by Crippen LogP contribution is 2.34. The molecule has 0 amide bonds. The van der Waals surface area contributed by atoms with E-state index in [9.17, 15) is 0 Å². The molecule has 1 aliphatic rings. The van der Waals surface area contributed by atoms with Crippen molar-refractivity contribution in [2.24, 2.45) is 5.92 Å². The van der Waals surface area contributed by atoms with Gasteiger partial charge in [0.05, 0.1) is 0 Å². The molecule has 0 aromatic heterocycles. The van der Waals surface area contributed by atoms with Gasteiger partial charge in [0.15, 0.2) is 0 Å². The van der Waals surface area contributed by atoms with Crippen LogP contribution in [-0.2, 0) is 0 Å². The van der Waals surface area contributed by atoms with Gasteiger partial charge in [-0.05, 0) is 57.6 Å². The van der Waals surface area contributed by atoms with Crippen molar-refractivity contribution in [3.8, 4) is 5.75 Å². The van der Waals surface area contributed by atoms with Crippen LogP contribution in [0.25, 0.3) is 0 Å². The zero-order valence-corrected chi connectivity index (χ0v) is 12.4. The molecule has 1 aromatic carbocycles. The number of nitrogens with zero attached hydrogens (tertiary/aromatic N) is 1. The Kier molecular flexibility index (Phi) is 5.08. The van der Waals surface area contributed by atoms with Crippen LogP contribution in [-0.4, -0.2) is 38.2 Å². The molecule has 1 aliphatic carbocycles. The Morgan fingerprint density at radius 2 is 1.95 bits per heavy atom. The van der Waals surface area contributed by atoms with E-state index in [0.717, 1.165) is 24.8 Å². The third kappa shape index (κ3) is 5.52. The van der Waals surface area contributed by atoms with Crippen LogP contribution < -0.4 is 10.1 Å². The normalized spacial score (nSPS) is 16.4. The molecular formula is C16H26N2O. The minimum Gasteiger partial charge on any atom is -0.492 e. The van der Waals surface area contributed by atoms with Crippen LogP contribution >= 0.6 is 0 Å². The first-order chi connectivity index (χ1) is 9.13. The summed E-state index contributed by atoms with van der Waals surface area (Å²) in [5, 5.41) is 3.55. The quantitative estimate of drug-likeness (QED) is 0.778. The lowest BCUT2D eigenvalue weighted by Crippen LogP contribution is -2.19. The first-order valence-electron chi connectivity index (χ1n) is 7.27.